The topological polar surface area (TPSA) is 24.5 Å². The van der Waals surface area contributed by atoms with Gasteiger partial charge in [0.2, 0.25) is 0 Å². The maximum Gasteiger partial charge on any atom is 0.121 e. The third kappa shape index (κ3) is 4.43. The second-order valence-corrected chi connectivity index (χ2v) is 5.84. The summed E-state index contributed by atoms with van der Waals surface area (Å²) in [5.74, 6) is 1.73. The van der Waals surface area contributed by atoms with Crippen LogP contribution in [0.1, 0.15) is 26.2 Å². The third-order valence-corrected chi connectivity index (χ3v) is 3.85. The number of nitrogens with zero attached hydrogens (tertiary/aromatic N) is 1. The molecule has 0 aliphatic heterocycles. The summed E-state index contributed by atoms with van der Waals surface area (Å²) in [4.78, 5) is 2.13. The van der Waals surface area contributed by atoms with Crippen molar-refractivity contribution < 1.29 is 4.74 Å². The van der Waals surface area contributed by atoms with E-state index in [1.54, 1.807) is 0 Å². The van der Waals surface area contributed by atoms with Crippen LogP contribution >= 0.6 is 0 Å². The second-order valence-electron chi connectivity index (χ2n) is 5.84. The molecule has 0 heterocycles. The van der Waals surface area contributed by atoms with E-state index < -0.39 is 0 Å². The molecule has 3 nitrogen and oxygen atoms in total. The fourth-order valence-corrected chi connectivity index (χ4v) is 2.60. The van der Waals surface area contributed by atoms with E-state index in [-0.39, 0.29) is 0 Å². The molecule has 2 rings (SSSR count). The molecular weight excluding hydrogens is 236 g/mol. The van der Waals surface area contributed by atoms with Crippen molar-refractivity contribution in [2.45, 2.75) is 32.2 Å². The van der Waals surface area contributed by atoms with Gasteiger partial charge in [0.15, 0.2) is 0 Å². The smallest absolute Gasteiger partial charge is 0.121 e. The predicted octanol–water partition coefficient (Wildman–Crippen LogP) is 3.23. The Labute approximate surface area is 116 Å². The van der Waals surface area contributed by atoms with Gasteiger partial charge in [0.25, 0.3) is 0 Å². The Morgan fingerprint density at radius 3 is 2.84 bits per heavy atom. The molecule has 1 aromatic carbocycles. The molecule has 1 fully saturated rings. The van der Waals surface area contributed by atoms with Crippen molar-refractivity contribution in [1.29, 1.82) is 0 Å². The van der Waals surface area contributed by atoms with Crippen LogP contribution < -0.4 is 10.1 Å². The van der Waals surface area contributed by atoms with E-state index in [0.717, 1.165) is 24.8 Å². The average molecular weight is 262 g/mol. The second kappa shape index (κ2) is 6.80. The summed E-state index contributed by atoms with van der Waals surface area (Å²) >= 11 is 0. The fourth-order valence-electron chi connectivity index (χ4n) is 2.60. The average Bonchev–Trinajstić information content (AvgIpc) is 2.75. The van der Waals surface area contributed by atoms with Crippen LogP contribution in [0.3, 0.4) is 0 Å². The van der Waals surface area contributed by atoms with Gasteiger partial charge in [-0.1, -0.05) is 19.4 Å². The molecule has 0 spiro atoms. The van der Waals surface area contributed by atoms with Gasteiger partial charge in [-0.15, -0.1) is 0 Å². The third-order valence-electron chi connectivity index (χ3n) is 3.85. The lowest BCUT2D eigenvalue weighted by Crippen LogP contribution is -2.22. The van der Waals surface area contributed by atoms with Gasteiger partial charge in [0.1, 0.15) is 12.4 Å². The zero-order chi connectivity index (χ0) is 13.7. The summed E-state index contributed by atoms with van der Waals surface area (Å²) in [6.07, 6.45) is 3.97. The van der Waals surface area contributed by atoms with E-state index in [4.69, 9.17) is 4.74 Å². The molecule has 0 saturated heterocycles. The highest BCUT2D eigenvalue weighted by Gasteiger charge is 2.22. The molecule has 19 heavy (non-hydrogen) atoms. The number of rotatable bonds is 6. The molecule has 2 unspecified atom stereocenters. The van der Waals surface area contributed by atoms with E-state index >= 15 is 0 Å². The van der Waals surface area contributed by atoms with Crippen LogP contribution in [0.5, 0.6) is 5.75 Å². The number of nitrogens with one attached hydrogen (secondary N) is 1. The maximum absolute atomic E-state index is 5.77. The van der Waals surface area contributed by atoms with E-state index in [2.05, 4.69) is 49.4 Å². The lowest BCUT2D eigenvalue weighted by Gasteiger charge is -2.19. The van der Waals surface area contributed by atoms with Crippen molar-refractivity contribution in [1.82, 2.24) is 4.90 Å². The molecular formula is C16H26N2O. The maximum atomic E-state index is 5.77. The summed E-state index contributed by atoms with van der Waals surface area (Å²) in [6.45, 7) is 4.01. The number of hydrogen-bond acceptors (Lipinski definition) is 3. The fraction of sp³-hybridized carbons (Fsp3) is 0.625. The van der Waals surface area contributed by atoms with E-state index in [1.807, 2.05) is 6.07 Å². The predicted molar refractivity (Wildman–Crippen MR) is 80.9 cm³/mol. The number of anilines is 1. The normalized spacial score (nSPS) is 22.7. The van der Waals surface area contributed by atoms with E-state index in [1.165, 1.54) is 24.9 Å². The van der Waals surface area contributed by atoms with Crippen molar-refractivity contribution in [3.8, 4) is 5.75 Å². The zero-order valence-corrected chi connectivity index (χ0v) is 12.4. The monoisotopic (exact) mass is 262 g/mol. The van der Waals surface area contributed by atoms with E-state index in [9.17, 15) is 0 Å². The van der Waals surface area contributed by atoms with Crippen LogP contribution in [-0.2, 0) is 0 Å². The molecule has 3 heteroatoms. The molecule has 1 saturated carbocycles. The molecule has 1 aliphatic rings. The lowest BCUT2D eigenvalue weighted by atomic mass is 10.1. The van der Waals surface area contributed by atoms with Gasteiger partial charge >= 0.3 is 0 Å². The number of ether oxygens (including phenoxy) is 1. The molecule has 0 radical (unpaired) electrons. The van der Waals surface area contributed by atoms with Crippen LogP contribution in [0.2, 0.25) is 0 Å². The van der Waals surface area contributed by atoms with Gasteiger partial charge in [-0.3, -0.25) is 0 Å². The summed E-state index contributed by atoms with van der Waals surface area (Å²) < 4.78 is 5.77. The Hall–Kier alpha value is -1.22. The standard InChI is InChI=1S/C16H26N2O/c1-13-6-4-9-16(13)17-14-7-5-8-15(12-14)19-11-10-18(2)3/h5,7-8,12-13,16-17H,4,6,9-11H2,1-3H3. The van der Waals surface area contributed by atoms with Crippen LogP contribution in [-0.4, -0.2) is 38.2 Å². The van der Waals surface area contributed by atoms with Crippen LogP contribution in [0.4, 0.5) is 5.69 Å². The van der Waals surface area contributed by atoms with Crippen LogP contribution in [0.25, 0.3) is 0 Å². The first-order chi connectivity index (χ1) is 9.15. The van der Waals surface area contributed by atoms with Crippen molar-refractivity contribution in [3.05, 3.63) is 24.3 Å². The van der Waals surface area contributed by atoms with Gasteiger partial charge in [0, 0.05) is 24.3 Å². The quantitative estimate of drug-likeness (QED) is 0.852. The largest absolute Gasteiger partial charge is 0.492 e. The van der Waals surface area contributed by atoms with Crippen LogP contribution in [0, 0.1) is 5.92 Å². The number of likely N-dealkylation sites (N-methyl/N-ethyl adjacent to an activating group) is 1. The zero-order valence-electron chi connectivity index (χ0n) is 12.4. The Balaban J connectivity index is 1.87. The Morgan fingerprint density at radius 1 is 1.32 bits per heavy atom. The van der Waals surface area contributed by atoms with Gasteiger partial charge in [0.05, 0.1) is 0 Å². The first-order valence-electron chi connectivity index (χ1n) is 7.29. The van der Waals surface area contributed by atoms with Crippen molar-refractivity contribution in [2.24, 2.45) is 5.92 Å². The molecule has 0 bridgehead atoms. The van der Waals surface area contributed by atoms with Gasteiger partial charge in [-0.2, -0.15) is 0 Å². The Kier molecular flexibility index (Phi) is 5.08. The molecule has 1 aromatic rings. The first-order valence-corrected chi connectivity index (χ1v) is 7.29. The van der Waals surface area contributed by atoms with Crippen molar-refractivity contribution in [2.75, 3.05) is 32.6 Å². The highest BCUT2D eigenvalue weighted by molar-refractivity contribution is 5.49. The highest BCUT2D eigenvalue weighted by Crippen LogP contribution is 2.28. The lowest BCUT2D eigenvalue weighted by molar-refractivity contribution is 0.261. The molecule has 1 aliphatic carbocycles. The molecule has 1 N–H and O–H groups in total. The number of benzene rings is 1. The Morgan fingerprint density at radius 2 is 2.16 bits per heavy atom. The molecule has 0 aromatic heterocycles. The molecule has 2 atom stereocenters. The van der Waals surface area contributed by atoms with Gasteiger partial charge < -0.3 is 15.0 Å². The molecule has 106 valence electrons. The van der Waals surface area contributed by atoms with E-state index in [0.29, 0.717) is 6.04 Å². The minimum atomic E-state index is 0.622. The summed E-state index contributed by atoms with van der Waals surface area (Å²) in [5, 5.41) is 3.64. The highest BCUT2D eigenvalue weighted by atomic mass is 16.5. The van der Waals surface area contributed by atoms with Gasteiger partial charge in [-0.25, -0.2) is 0 Å². The summed E-state index contributed by atoms with van der Waals surface area (Å²) in [7, 11) is 4.12. The minimum Gasteiger partial charge on any atom is -0.492 e. The Bertz CT molecular complexity index is 392. The summed E-state index contributed by atoms with van der Waals surface area (Å²) in [6, 6.07) is 8.95. The molecule has 0 amide bonds. The minimum absolute atomic E-state index is 0.622. The van der Waals surface area contributed by atoms with Crippen LogP contribution in [0.15, 0.2) is 24.3 Å². The number of hydrogen-bond donors (Lipinski definition) is 1. The SMILES string of the molecule is CC1CCCC1Nc1cccc(OCCN(C)C)c1. The van der Waals surface area contributed by atoms with Gasteiger partial charge in [-0.05, 0) is 45.0 Å². The summed E-state index contributed by atoms with van der Waals surface area (Å²) in [5.41, 5.74) is 1.18. The first kappa shape index (κ1) is 14.2. The van der Waals surface area contributed by atoms with Crippen molar-refractivity contribution >= 4 is 5.69 Å². The van der Waals surface area contributed by atoms with Crippen molar-refractivity contribution in [3.63, 3.8) is 0 Å².